The maximum Gasteiger partial charge on any atom is 0.343 e. The van der Waals surface area contributed by atoms with E-state index >= 15 is 0 Å². The van der Waals surface area contributed by atoms with E-state index in [1.54, 1.807) is 60.7 Å². The number of benzene rings is 4. The Bertz CT molecular complexity index is 1820. The van der Waals surface area contributed by atoms with Crippen molar-refractivity contribution in [2.75, 3.05) is 20.0 Å². The maximum atomic E-state index is 12.9. The minimum absolute atomic E-state index is 0.0499. The fourth-order valence-electron chi connectivity index (χ4n) is 4.86. The third-order valence-corrected chi connectivity index (χ3v) is 7.23. The average molecular weight is 635 g/mol. The third kappa shape index (κ3) is 7.93. The molecule has 0 heterocycles. The van der Waals surface area contributed by atoms with Crippen molar-refractivity contribution in [3.05, 3.63) is 132 Å². The van der Waals surface area contributed by atoms with Gasteiger partial charge in [0, 0.05) is 18.1 Å². The van der Waals surface area contributed by atoms with E-state index in [-0.39, 0.29) is 25.9 Å². The summed E-state index contributed by atoms with van der Waals surface area (Å²) in [6.07, 6.45) is 2.11. The normalized spacial score (nSPS) is 12.5. The van der Waals surface area contributed by atoms with Crippen LogP contribution in [-0.4, -0.2) is 43.9 Å². The first-order valence-corrected chi connectivity index (χ1v) is 14.5. The van der Waals surface area contributed by atoms with Crippen LogP contribution in [-0.2, 0) is 19.1 Å². The Morgan fingerprint density at radius 2 is 1.04 bits per heavy atom. The van der Waals surface area contributed by atoms with Crippen molar-refractivity contribution >= 4 is 23.9 Å². The Morgan fingerprint density at radius 3 is 1.53 bits per heavy atom. The van der Waals surface area contributed by atoms with Crippen LogP contribution in [0.5, 0.6) is 23.0 Å². The molecule has 1 atom stereocenters. The van der Waals surface area contributed by atoms with E-state index in [4.69, 9.17) is 28.4 Å². The predicted molar refractivity (Wildman–Crippen MR) is 171 cm³/mol. The molecule has 1 aliphatic carbocycles. The van der Waals surface area contributed by atoms with Crippen molar-refractivity contribution in [3.8, 4) is 34.1 Å². The highest BCUT2D eigenvalue weighted by molar-refractivity contribution is 5.92. The third-order valence-electron chi connectivity index (χ3n) is 7.23. The van der Waals surface area contributed by atoms with Gasteiger partial charge in [0.2, 0.25) is 6.79 Å². The SMILES string of the molecule is C=CC(=O)OCCOc1ccc(C(=O)Oc2ccc3c(c2)C(C)c2cc(OC(=O)c4ccc(OCOC(=O)C=C)cc4)ccc2-3)cc1. The second-order valence-corrected chi connectivity index (χ2v) is 10.2. The fourth-order valence-corrected chi connectivity index (χ4v) is 4.86. The summed E-state index contributed by atoms with van der Waals surface area (Å²) in [7, 11) is 0. The van der Waals surface area contributed by atoms with Gasteiger partial charge in [0.15, 0.2) is 0 Å². The summed E-state index contributed by atoms with van der Waals surface area (Å²) in [4.78, 5) is 47.9. The number of fused-ring (bicyclic) bond motifs is 3. The van der Waals surface area contributed by atoms with Gasteiger partial charge in [-0.3, -0.25) is 0 Å². The molecule has 0 bridgehead atoms. The highest BCUT2D eigenvalue weighted by Crippen LogP contribution is 2.47. The number of ether oxygens (including phenoxy) is 6. The molecular weight excluding hydrogens is 604 g/mol. The van der Waals surface area contributed by atoms with Crippen LogP contribution in [0.3, 0.4) is 0 Å². The smallest absolute Gasteiger partial charge is 0.343 e. The molecule has 5 rings (SSSR count). The zero-order valence-corrected chi connectivity index (χ0v) is 25.4. The van der Waals surface area contributed by atoms with Crippen molar-refractivity contribution < 1.29 is 47.6 Å². The molecule has 0 saturated heterocycles. The molecule has 0 aromatic heterocycles. The second kappa shape index (κ2) is 14.7. The monoisotopic (exact) mass is 634 g/mol. The lowest BCUT2D eigenvalue weighted by Gasteiger charge is -2.11. The van der Waals surface area contributed by atoms with Gasteiger partial charge in [-0.15, -0.1) is 0 Å². The second-order valence-electron chi connectivity index (χ2n) is 10.2. The first-order valence-electron chi connectivity index (χ1n) is 14.5. The van der Waals surface area contributed by atoms with E-state index < -0.39 is 23.9 Å². The summed E-state index contributed by atoms with van der Waals surface area (Å²) in [5.41, 5.74) is 4.61. The number of rotatable bonds is 13. The molecular formula is C37H30O10. The van der Waals surface area contributed by atoms with Crippen molar-refractivity contribution in [1.29, 1.82) is 0 Å². The average Bonchev–Trinajstić information content (AvgIpc) is 3.36. The lowest BCUT2D eigenvalue weighted by atomic mass is 9.99. The van der Waals surface area contributed by atoms with Gasteiger partial charge in [0.05, 0.1) is 11.1 Å². The number of carbonyl (C=O) groups is 4. The molecule has 10 heteroatoms. The lowest BCUT2D eigenvalue weighted by molar-refractivity contribution is -0.144. The molecule has 1 aliphatic rings. The van der Waals surface area contributed by atoms with Gasteiger partial charge in [-0.25, -0.2) is 19.2 Å². The Morgan fingerprint density at radius 1 is 0.596 bits per heavy atom. The summed E-state index contributed by atoms with van der Waals surface area (Å²) in [6, 6.07) is 23.7. The van der Waals surface area contributed by atoms with Crippen LogP contribution in [0.25, 0.3) is 11.1 Å². The Kier molecular flexibility index (Phi) is 10.1. The topological polar surface area (TPSA) is 124 Å². The Labute approximate surface area is 270 Å². The molecule has 0 fully saturated rings. The maximum absolute atomic E-state index is 12.9. The van der Waals surface area contributed by atoms with Gasteiger partial charge < -0.3 is 28.4 Å². The van der Waals surface area contributed by atoms with E-state index in [0.717, 1.165) is 34.4 Å². The van der Waals surface area contributed by atoms with Crippen LogP contribution in [0.2, 0.25) is 0 Å². The Balaban J connectivity index is 1.17. The van der Waals surface area contributed by atoms with Crippen molar-refractivity contribution in [2.24, 2.45) is 0 Å². The number of hydrogen-bond acceptors (Lipinski definition) is 10. The molecule has 1 unspecified atom stereocenters. The van der Waals surface area contributed by atoms with Crippen molar-refractivity contribution in [2.45, 2.75) is 12.8 Å². The molecule has 4 aromatic carbocycles. The van der Waals surface area contributed by atoms with Crippen LogP contribution >= 0.6 is 0 Å². The molecule has 0 aliphatic heterocycles. The molecule has 4 aromatic rings. The summed E-state index contributed by atoms with van der Waals surface area (Å²) in [5, 5.41) is 0. The zero-order valence-electron chi connectivity index (χ0n) is 25.4. The lowest BCUT2D eigenvalue weighted by Crippen LogP contribution is -2.11. The first kappa shape index (κ1) is 32.2. The number of esters is 4. The van der Waals surface area contributed by atoms with Crippen LogP contribution in [0.4, 0.5) is 0 Å². The molecule has 0 saturated carbocycles. The number of hydrogen-bond donors (Lipinski definition) is 0. The summed E-state index contributed by atoms with van der Waals surface area (Å²) < 4.78 is 31.8. The van der Waals surface area contributed by atoms with Crippen LogP contribution < -0.4 is 18.9 Å². The van der Waals surface area contributed by atoms with E-state index in [9.17, 15) is 19.2 Å². The van der Waals surface area contributed by atoms with Gasteiger partial charge >= 0.3 is 23.9 Å². The van der Waals surface area contributed by atoms with Crippen LogP contribution in [0, 0.1) is 0 Å². The summed E-state index contributed by atoms with van der Waals surface area (Å²) in [5.74, 6) is -0.526. The van der Waals surface area contributed by atoms with E-state index in [0.29, 0.717) is 34.1 Å². The van der Waals surface area contributed by atoms with Gasteiger partial charge in [-0.1, -0.05) is 32.2 Å². The molecule has 10 nitrogen and oxygen atoms in total. The highest BCUT2D eigenvalue weighted by atomic mass is 16.7. The molecule has 0 spiro atoms. The molecule has 238 valence electrons. The van der Waals surface area contributed by atoms with Crippen molar-refractivity contribution in [3.63, 3.8) is 0 Å². The van der Waals surface area contributed by atoms with E-state index in [2.05, 4.69) is 13.2 Å². The molecule has 0 amide bonds. The van der Waals surface area contributed by atoms with Crippen molar-refractivity contribution in [1.82, 2.24) is 0 Å². The van der Waals surface area contributed by atoms with Gasteiger partial charge in [0.25, 0.3) is 0 Å². The van der Waals surface area contributed by atoms with Crippen LogP contribution in [0.1, 0.15) is 44.7 Å². The molecule has 0 radical (unpaired) electrons. The summed E-state index contributed by atoms with van der Waals surface area (Å²) in [6.45, 7) is 8.63. The van der Waals surface area contributed by atoms with Gasteiger partial charge in [-0.05, 0) is 95.1 Å². The molecule has 0 N–H and O–H groups in total. The minimum atomic E-state index is -0.602. The largest absolute Gasteiger partial charge is 0.490 e. The minimum Gasteiger partial charge on any atom is -0.490 e. The fraction of sp³-hybridized carbons (Fsp3) is 0.135. The quantitative estimate of drug-likeness (QED) is 0.0534. The highest BCUT2D eigenvalue weighted by Gasteiger charge is 2.27. The predicted octanol–water partition coefficient (Wildman–Crippen LogP) is 6.43. The van der Waals surface area contributed by atoms with E-state index in [1.807, 2.05) is 31.2 Å². The van der Waals surface area contributed by atoms with Gasteiger partial charge in [0.1, 0.15) is 36.2 Å². The number of carbonyl (C=O) groups excluding carboxylic acids is 4. The standard InChI is InChI=1S/C37H30O10/c1-4-34(38)43-19-18-42-26-10-6-24(7-11-26)36(40)46-28-14-16-30-31-17-15-29(21-33(31)23(3)32(30)20-28)47-37(41)25-8-12-27(13-9-25)44-22-45-35(39)5-2/h4-17,20-21,23H,1-2,18-19,22H2,3H3. The summed E-state index contributed by atoms with van der Waals surface area (Å²) >= 11 is 0. The first-order chi connectivity index (χ1) is 22.7. The van der Waals surface area contributed by atoms with Crippen LogP contribution in [0.15, 0.2) is 110 Å². The van der Waals surface area contributed by atoms with E-state index in [1.165, 1.54) is 0 Å². The Hall–Kier alpha value is -6.16. The molecule has 47 heavy (non-hydrogen) atoms. The zero-order chi connectivity index (χ0) is 33.3. The van der Waals surface area contributed by atoms with Gasteiger partial charge in [-0.2, -0.15) is 0 Å².